The van der Waals surface area contributed by atoms with Gasteiger partial charge < -0.3 is 5.32 Å². The highest BCUT2D eigenvalue weighted by atomic mass is 16.2. The van der Waals surface area contributed by atoms with Gasteiger partial charge in [-0.05, 0) is 24.6 Å². The average Bonchev–Trinajstić information content (AvgIpc) is 2.73. The van der Waals surface area contributed by atoms with Crippen molar-refractivity contribution in [2.24, 2.45) is 0 Å². The number of fused-ring (bicyclic) bond motifs is 1. The number of rotatable bonds is 3. The Kier molecular flexibility index (Phi) is 4.45. The Hall–Kier alpha value is -3.79. The molecule has 136 valence electrons. The summed E-state index contributed by atoms with van der Waals surface area (Å²) in [6.45, 7) is 1.93. The van der Waals surface area contributed by atoms with E-state index in [1.807, 2.05) is 25.1 Å². The molecule has 0 aliphatic heterocycles. The van der Waals surface area contributed by atoms with E-state index >= 15 is 0 Å². The van der Waals surface area contributed by atoms with Crippen LogP contribution in [-0.2, 0) is 0 Å². The summed E-state index contributed by atoms with van der Waals surface area (Å²) < 4.78 is 0. The SMILES string of the molecule is Cc1ccc(C(=O)NC2=C(c3ccccc3)C(=O)c3ccccc3C2=O)cc1. The zero-order chi connectivity index (χ0) is 19.7. The van der Waals surface area contributed by atoms with Crippen LogP contribution in [0.1, 0.15) is 42.2 Å². The first-order valence-electron chi connectivity index (χ1n) is 8.92. The molecule has 0 saturated carbocycles. The molecule has 0 saturated heterocycles. The monoisotopic (exact) mass is 367 g/mol. The van der Waals surface area contributed by atoms with Gasteiger partial charge in [0.2, 0.25) is 5.78 Å². The van der Waals surface area contributed by atoms with E-state index in [4.69, 9.17) is 0 Å². The normalized spacial score (nSPS) is 13.3. The first kappa shape index (κ1) is 17.6. The van der Waals surface area contributed by atoms with Crippen molar-refractivity contribution >= 4 is 23.0 Å². The highest BCUT2D eigenvalue weighted by Gasteiger charge is 2.33. The van der Waals surface area contributed by atoms with Crippen molar-refractivity contribution < 1.29 is 14.4 Å². The lowest BCUT2D eigenvalue weighted by atomic mass is 9.84. The molecule has 3 aromatic carbocycles. The molecule has 28 heavy (non-hydrogen) atoms. The summed E-state index contributed by atoms with van der Waals surface area (Å²) in [6.07, 6.45) is 0. The minimum absolute atomic E-state index is 0.0143. The third-order valence-corrected chi connectivity index (χ3v) is 4.74. The van der Waals surface area contributed by atoms with Crippen molar-refractivity contribution in [1.82, 2.24) is 5.32 Å². The van der Waals surface area contributed by atoms with Gasteiger partial charge in [-0.3, -0.25) is 14.4 Å². The molecule has 4 nitrogen and oxygen atoms in total. The van der Waals surface area contributed by atoms with E-state index in [9.17, 15) is 14.4 Å². The van der Waals surface area contributed by atoms with Gasteiger partial charge in [-0.25, -0.2) is 0 Å². The molecule has 0 radical (unpaired) electrons. The van der Waals surface area contributed by atoms with E-state index in [-0.39, 0.29) is 22.8 Å². The second-order valence-corrected chi connectivity index (χ2v) is 6.64. The Labute approximate surface area is 162 Å². The van der Waals surface area contributed by atoms with E-state index in [0.29, 0.717) is 22.3 Å². The number of Topliss-reactive ketones (excluding diaryl/α,β-unsaturated/α-hetero) is 2. The van der Waals surface area contributed by atoms with Gasteiger partial charge in [0, 0.05) is 16.7 Å². The van der Waals surface area contributed by atoms with Crippen molar-refractivity contribution in [3.8, 4) is 0 Å². The lowest BCUT2D eigenvalue weighted by Gasteiger charge is -2.21. The van der Waals surface area contributed by atoms with E-state index < -0.39 is 5.91 Å². The number of nitrogens with one attached hydrogen (secondary N) is 1. The van der Waals surface area contributed by atoms with E-state index in [2.05, 4.69) is 5.32 Å². The number of carbonyl (C=O) groups is 3. The molecule has 0 aromatic heterocycles. The van der Waals surface area contributed by atoms with Gasteiger partial charge in [-0.15, -0.1) is 0 Å². The second kappa shape index (κ2) is 7.08. The molecular formula is C24H17NO3. The fourth-order valence-corrected chi connectivity index (χ4v) is 3.27. The predicted octanol–water partition coefficient (Wildman–Crippen LogP) is 4.22. The molecule has 3 aromatic rings. The van der Waals surface area contributed by atoms with Crippen molar-refractivity contribution in [3.63, 3.8) is 0 Å². The first-order chi connectivity index (χ1) is 13.6. The van der Waals surface area contributed by atoms with Crippen LogP contribution >= 0.6 is 0 Å². The number of benzene rings is 3. The number of carbonyl (C=O) groups excluding carboxylic acids is 3. The standard InChI is InChI=1S/C24H17NO3/c1-15-11-13-17(14-12-15)24(28)25-21-20(16-7-3-2-4-8-16)22(26)18-9-5-6-10-19(18)23(21)27/h2-14H,1H3,(H,25,28). The van der Waals surface area contributed by atoms with Crippen LogP contribution in [0.3, 0.4) is 0 Å². The molecule has 0 atom stereocenters. The fourth-order valence-electron chi connectivity index (χ4n) is 3.27. The number of ketones is 2. The summed E-state index contributed by atoms with van der Waals surface area (Å²) in [6, 6.07) is 22.6. The van der Waals surface area contributed by atoms with Crippen LogP contribution in [0.5, 0.6) is 0 Å². The van der Waals surface area contributed by atoms with E-state index in [1.54, 1.807) is 60.7 Å². The lowest BCUT2D eigenvalue weighted by molar-refractivity contribution is 0.0927. The number of amides is 1. The highest BCUT2D eigenvalue weighted by molar-refractivity contribution is 6.41. The molecule has 0 unspecified atom stereocenters. The smallest absolute Gasteiger partial charge is 0.255 e. The van der Waals surface area contributed by atoms with Crippen LogP contribution in [0.25, 0.3) is 5.57 Å². The molecule has 0 fully saturated rings. The minimum Gasteiger partial charge on any atom is -0.318 e. The molecule has 4 rings (SSSR count). The number of allylic oxidation sites excluding steroid dienone is 2. The fraction of sp³-hybridized carbons (Fsp3) is 0.0417. The van der Waals surface area contributed by atoms with E-state index in [0.717, 1.165) is 5.56 Å². The predicted molar refractivity (Wildman–Crippen MR) is 107 cm³/mol. The van der Waals surface area contributed by atoms with Gasteiger partial charge in [0.05, 0.1) is 5.57 Å². The maximum absolute atomic E-state index is 13.2. The molecule has 0 heterocycles. The van der Waals surface area contributed by atoms with Gasteiger partial charge >= 0.3 is 0 Å². The summed E-state index contributed by atoms with van der Waals surface area (Å²) in [5.41, 5.74) is 2.91. The Morgan fingerprint density at radius 1 is 0.714 bits per heavy atom. The Morgan fingerprint density at radius 2 is 1.29 bits per heavy atom. The maximum Gasteiger partial charge on any atom is 0.255 e. The van der Waals surface area contributed by atoms with Gasteiger partial charge in [-0.1, -0.05) is 72.3 Å². The first-order valence-corrected chi connectivity index (χ1v) is 8.92. The minimum atomic E-state index is -0.427. The average molecular weight is 367 g/mol. The van der Waals surface area contributed by atoms with Crippen LogP contribution in [0.2, 0.25) is 0 Å². The lowest BCUT2D eigenvalue weighted by Crippen LogP contribution is -2.33. The Bertz CT molecular complexity index is 1130. The van der Waals surface area contributed by atoms with Gasteiger partial charge in [0.15, 0.2) is 5.78 Å². The maximum atomic E-state index is 13.2. The molecule has 0 spiro atoms. The van der Waals surface area contributed by atoms with Gasteiger partial charge in [0.25, 0.3) is 5.91 Å². The zero-order valence-electron chi connectivity index (χ0n) is 15.2. The van der Waals surface area contributed by atoms with Crippen molar-refractivity contribution in [3.05, 3.63) is 112 Å². The summed E-state index contributed by atoms with van der Waals surface area (Å²) >= 11 is 0. The van der Waals surface area contributed by atoms with Gasteiger partial charge in [0.1, 0.15) is 5.70 Å². The highest BCUT2D eigenvalue weighted by Crippen LogP contribution is 2.31. The summed E-state index contributed by atoms with van der Waals surface area (Å²) in [5, 5.41) is 2.69. The van der Waals surface area contributed by atoms with Crippen molar-refractivity contribution in [1.29, 1.82) is 0 Å². The largest absolute Gasteiger partial charge is 0.318 e. The topological polar surface area (TPSA) is 63.2 Å². The molecule has 1 aliphatic carbocycles. The van der Waals surface area contributed by atoms with Crippen LogP contribution in [0.4, 0.5) is 0 Å². The van der Waals surface area contributed by atoms with Crippen LogP contribution in [0, 0.1) is 6.92 Å². The molecular weight excluding hydrogens is 350 g/mol. The Balaban J connectivity index is 1.84. The summed E-state index contributed by atoms with van der Waals surface area (Å²) in [7, 11) is 0. The van der Waals surface area contributed by atoms with Crippen LogP contribution in [-0.4, -0.2) is 17.5 Å². The molecule has 0 bridgehead atoms. The zero-order valence-corrected chi connectivity index (χ0v) is 15.2. The van der Waals surface area contributed by atoms with Crippen molar-refractivity contribution in [2.75, 3.05) is 0 Å². The van der Waals surface area contributed by atoms with Crippen LogP contribution in [0.15, 0.2) is 84.6 Å². The molecule has 1 amide bonds. The quantitative estimate of drug-likeness (QED) is 0.754. The third kappa shape index (κ3) is 3.05. The third-order valence-electron chi connectivity index (χ3n) is 4.74. The van der Waals surface area contributed by atoms with Crippen LogP contribution < -0.4 is 5.32 Å². The summed E-state index contributed by atoms with van der Waals surface area (Å²) in [4.78, 5) is 39.1. The van der Waals surface area contributed by atoms with E-state index in [1.165, 1.54) is 0 Å². The summed E-state index contributed by atoms with van der Waals surface area (Å²) in [5.74, 6) is -1.07. The number of hydrogen-bond donors (Lipinski definition) is 1. The second-order valence-electron chi connectivity index (χ2n) is 6.64. The molecule has 4 heteroatoms. The number of hydrogen-bond acceptors (Lipinski definition) is 3. The molecule has 1 N–H and O–H groups in total. The van der Waals surface area contributed by atoms with Crippen molar-refractivity contribution in [2.45, 2.75) is 6.92 Å². The van der Waals surface area contributed by atoms with Gasteiger partial charge in [-0.2, -0.15) is 0 Å². The number of aryl methyl sites for hydroxylation is 1. The Morgan fingerprint density at radius 3 is 1.93 bits per heavy atom. The molecule has 1 aliphatic rings.